The van der Waals surface area contributed by atoms with Crippen LogP contribution in [0.1, 0.15) is 59.3 Å². The fourth-order valence-electron chi connectivity index (χ4n) is 2.27. The van der Waals surface area contributed by atoms with E-state index in [1.807, 2.05) is 6.92 Å². The summed E-state index contributed by atoms with van der Waals surface area (Å²) < 4.78 is 10.3. The molecule has 2 atom stereocenters. The molecule has 0 bridgehead atoms. The van der Waals surface area contributed by atoms with Gasteiger partial charge in [0.05, 0.1) is 5.60 Å². The third-order valence-electron chi connectivity index (χ3n) is 3.40. The number of hydrogen-bond donors (Lipinski definition) is 1. The van der Waals surface area contributed by atoms with E-state index in [1.54, 1.807) is 14.2 Å². The third-order valence-corrected chi connectivity index (χ3v) is 3.40. The molecule has 3 heteroatoms. The van der Waals surface area contributed by atoms with Crippen LogP contribution in [0.3, 0.4) is 0 Å². The zero-order valence-corrected chi connectivity index (χ0v) is 12.2. The Morgan fingerprint density at radius 2 is 1.71 bits per heavy atom. The minimum Gasteiger partial charge on any atom is -0.390 e. The Bertz CT molecular complexity index is 176. The highest BCUT2D eigenvalue weighted by molar-refractivity contribution is 4.78. The number of methoxy groups -OCH3 is 2. The largest absolute Gasteiger partial charge is 0.390 e. The van der Waals surface area contributed by atoms with Crippen LogP contribution in [0.15, 0.2) is 0 Å². The van der Waals surface area contributed by atoms with E-state index in [1.165, 1.54) is 19.3 Å². The van der Waals surface area contributed by atoms with Crippen LogP contribution in [0.25, 0.3) is 0 Å². The summed E-state index contributed by atoms with van der Waals surface area (Å²) in [6.45, 7) is 6.28. The highest BCUT2D eigenvalue weighted by Gasteiger charge is 2.28. The molecule has 0 aromatic rings. The maximum absolute atomic E-state index is 10.4. The Balaban J connectivity index is 4.18. The molecule has 1 N–H and O–H groups in total. The van der Waals surface area contributed by atoms with E-state index in [4.69, 9.17) is 9.47 Å². The molecule has 104 valence electrons. The molecule has 0 fully saturated rings. The average molecular weight is 246 g/mol. The quantitative estimate of drug-likeness (QED) is 0.601. The van der Waals surface area contributed by atoms with Crippen LogP contribution in [0.5, 0.6) is 0 Å². The maximum Gasteiger partial charge on any atom is 0.159 e. The molecule has 0 rings (SSSR count). The van der Waals surface area contributed by atoms with Crippen LogP contribution >= 0.6 is 0 Å². The molecule has 2 unspecified atom stereocenters. The van der Waals surface area contributed by atoms with E-state index in [0.29, 0.717) is 12.3 Å². The van der Waals surface area contributed by atoms with Gasteiger partial charge in [0.25, 0.3) is 0 Å². The van der Waals surface area contributed by atoms with Gasteiger partial charge in [-0.05, 0) is 19.3 Å². The SMILES string of the molecule is CCCCC(CC)CC(C)(O)CC(OC)OC. The van der Waals surface area contributed by atoms with Crippen LogP contribution in [-0.2, 0) is 9.47 Å². The van der Waals surface area contributed by atoms with Gasteiger partial charge in [-0.2, -0.15) is 0 Å². The molecular formula is C14H30O3. The van der Waals surface area contributed by atoms with Crippen molar-refractivity contribution >= 4 is 0 Å². The monoisotopic (exact) mass is 246 g/mol. The molecule has 0 heterocycles. The molecule has 0 aliphatic rings. The maximum atomic E-state index is 10.4. The van der Waals surface area contributed by atoms with Crippen molar-refractivity contribution in [1.29, 1.82) is 0 Å². The van der Waals surface area contributed by atoms with Gasteiger partial charge >= 0.3 is 0 Å². The molecule has 0 radical (unpaired) electrons. The Morgan fingerprint density at radius 3 is 2.12 bits per heavy atom. The fourth-order valence-corrected chi connectivity index (χ4v) is 2.27. The van der Waals surface area contributed by atoms with Crippen molar-refractivity contribution in [3.8, 4) is 0 Å². The number of aliphatic hydroxyl groups is 1. The van der Waals surface area contributed by atoms with Gasteiger partial charge in [-0.25, -0.2) is 0 Å². The van der Waals surface area contributed by atoms with Gasteiger partial charge < -0.3 is 14.6 Å². The smallest absolute Gasteiger partial charge is 0.159 e. The summed E-state index contributed by atoms with van der Waals surface area (Å²) in [5, 5.41) is 10.4. The van der Waals surface area contributed by atoms with Gasteiger partial charge in [-0.3, -0.25) is 0 Å². The second-order valence-electron chi connectivity index (χ2n) is 5.22. The Hall–Kier alpha value is -0.120. The van der Waals surface area contributed by atoms with Crippen molar-refractivity contribution in [2.24, 2.45) is 5.92 Å². The zero-order chi connectivity index (χ0) is 13.3. The van der Waals surface area contributed by atoms with Crippen molar-refractivity contribution in [2.75, 3.05) is 14.2 Å². The topological polar surface area (TPSA) is 38.7 Å². The fraction of sp³-hybridized carbons (Fsp3) is 1.00. The Morgan fingerprint density at radius 1 is 1.12 bits per heavy atom. The lowest BCUT2D eigenvalue weighted by Crippen LogP contribution is -2.34. The summed E-state index contributed by atoms with van der Waals surface area (Å²) in [5.74, 6) is 0.597. The number of unbranched alkanes of at least 4 members (excludes halogenated alkanes) is 1. The highest BCUT2D eigenvalue weighted by Crippen LogP contribution is 2.28. The molecule has 0 aliphatic carbocycles. The van der Waals surface area contributed by atoms with Crippen LogP contribution in [0, 0.1) is 5.92 Å². The molecule has 0 amide bonds. The lowest BCUT2D eigenvalue weighted by Gasteiger charge is -2.30. The zero-order valence-electron chi connectivity index (χ0n) is 12.2. The summed E-state index contributed by atoms with van der Waals surface area (Å²) in [5.41, 5.74) is -0.703. The minimum atomic E-state index is -0.703. The van der Waals surface area contributed by atoms with E-state index in [9.17, 15) is 5.11 Å². The van der Waals surface area contributed by atoms with Crippen molar-refractivity contribution in [1.82, 2.24) is 0 Å². The van der Waals surface area contributed by atoms with Crippen molar-refractivity contribution in [3.63, 3.8) is 0 Å². The molecule has 17 heavy (non-hydrogen) atoms. The number of hydrogen-bond acceptors (Lipinski definition) is 3. The number of rotatable bonds is 10. The van der Waals surface area contributed by atoms with E-state index >= 15 is 0 Å². The predicted molar refractivity (Wildman–Crippen MR) is 71.0 cm³/mol. The minimum absolute atomic E-state index is 0.311. The van der Waals surface area contributed by atoms with E-state index in [-0.39, 0.29) is 6.29 Å². The number of ether oxygens (including phenoxy) is 2. The van der Waals surface area contributed by atoms with Gasteiger partial charge in [-0.15, -0.1) is 0 Å². The first-order valence-corrected chi connectivity index (χ1v) is 6.77. The molecule has 0 aromatic carbocycles. The van der Waals surface area contributed by atoms with Gasteiger partial charge in [-0.1, -0.05) is 39.5 Å². The first kappa shape index (κ1) is 16.9. The van der Waals surface area contributed by atoms with Crippen LogP contribution in [0.4, 0.5) is 0 Å². The molecule has 0 aliphatic heterocycles. The van der Waals surface area contributed by atoms with Crippen LogP contribution in [-0.4, -0.2) is 31.2 Å². The molecule has 0 spiro atoms. The highest BCUT2D eigenvalue weighted by atomic mass is 16.7. The normalized spacial score (nSPS) is 17.1. The van der Waals surface area contributed by atoms with Crippen molar-refractivity contribution in [2.45, 2.75) is 71.2 Å². The predicted octanol–water partition coefficient (Wildman–Crippen LogP) is 3.35. The molecule has 0 saturated heterocycles. The summed E-state index contributed by atoms with van der Waals surface area (Å²) >= 11 is 0. The van der Waals surface area contributed by atoms with E-state index in [2.05, 4.69) is 13.8 Å². The van der Waals surface area contributed by atoms with Gasteiger partial charge in [0.2, 0.25) is 0 Å². The van der Waals surface area contributed by atoms with Crippen molar-refractivity contribution < 1.29 is 14.6 Å². The van der Waals surface area contributed by atoms with Gasteiger partial charge in [0.1, 0.15) is 0 Å². The summed E-state index contributed by atoms with van der Waals surface area (Å²) in [6, 6.07) is 0. The van der Waals surface area contributed by atoms with E-state index in [0.717, 1.165) is 12.8 Å². The molecule has 0 aromatic heterocycles. The summed E-state index contributed by atoms with van der Waals surface area (Å²) in [7, 11) is 3.22. The first-order valence-electron chi connectivity index (χ1n) is 6.77. The molecule has 0 saturated carbocycles. The van der Waals surface area contributed by atoms with Gasteiger partial charge in [0.15, 0.2) is 6.29 Å². The second-order valence-corrected chi connectivity index (χ2v) is 5.22. The Kier molecular flexibility index (Phi) is 8.83. The summed E-state index contributed by atoms with van der Waals surface area (Å²) in [6.07, 6.45) is 5.84. The molecule has 3 nitrogen and oxygen atoms in total. The lowest BCUT2D eigenvalue weighted by molar-refractivity contribution is -0.143. The van der Waals surface area contributed by atoms with Crippen LogP contribution < -0.4 is 0 Å². The first-order chi connectivity index (χ1) is 7.99. The van der Waals surface area contributed by atoms with E-state index < -0.39 is 5.60 Å². The van der Waals surface area contributed by atoms with Gasteiger partial charge in [0, 0.05) is 20.6 Å². The standard InChI is InChI=1S/C14H30O3/c1-6-8-9-12(7-2)10-14(3,15)11-13(16-4)17-5/h12-13,15H,6-11H2,1-5H3. The third kappa shape index (κ3) is 7.74. The molecular weight excluding hydrogens is 216 g/mol. The second kappa shape index (κ2) is 8.90. The Labute approximate surface area is 107 Å². The van der Waals surface area contributed by atoms with Crippen LogP contribution in [0.2, 0.25) is 0 Å². The average Bonchev–Trinajstić information content (AvgIpc) is 2.31. The summed E-state index contributed by atoms with van der Waals surface area (Å²) in [4.78, 5) is 0. The lowest BCUT2D eigenvalue weighted by atomic mass is 9.85. The van der Waals surface area contributed by atoms with Crippen molar-refractivity contribution in [3.05, 3.63) is 0 Å².